The number of aromatic nitrogens is 5. The summed E-state index contributed by atoms with van der Waals surface area (Å²) in [5, 5.41) is 11.2. The number of hydrogen-bond donors (Lipinski definition) is 2. The molecule has 2 amide bonds. The third-order valence-electron chi connectivity index (χ3n) is 4.39. The Hall–Kier alpha value is -2.90. The van der Waals surface area contributed by atoms with Crippen LogP contribution in [0.15, 0.2) is 24.7 Å². The molecule has 0 spiro atoms. The molecule has 2 N–H and O–H groups in total. The first-order valence-corrected chi connectivity index (χ1v) is 7.97. The van der Waals surface area contributed by atoms with Crippen LogP contribution < -0.4 is 10.6 Å². The molecule has 1 atom stereocenters. The van der Waals surface area contributed by atoms with Crippen molar-refractivity contribution in [1.82, 2.24) is 29.6 Å². The third-order valence-corrected chi connectivity index (χ3v) is 4.39. The summed E-state index contributed by atoms with van der Waals surface area (Å²) >= 11 is 0. The fourth-order valence-electron chi connectivity index (χ4n) is 3.21. The van der Waals surface area contributed by atoms with Crippen molar-refractivity contribution >= 4 is 22.8 Å². The Balaban J connectivity index is 1.44. The number of pyridine rings is 1. The van der Waals surface area contributed by atoms with Crippen molar-refractivity contribution in [3.63, 3.8) is 0 Å². The van der Waals surface area contributed by atoms with Crippen molar-refractivity contribution in [2.24, 2.45) is 7.05 Å². The van der Waals surface area contributed by atoms with Gasteiger partial charge < -0.3 is 15.2 Å². The van der Waals surface area contributed by atoms with Gasteiger partial charge in [0, 0.05) is 43.8 Å². The average molecular weight is 325 g/mol. The largest absolute Gasteiger partial charge is 0.333 e. The number of aryl methyl sites for hydroxylation is 3. The van der Waals surface area contributed by atoms with E-state index in [0.717, 1.165) is 41.9 Å². The number of fused-ring (bicyclic) bond motifs is 2. The predicted molar refractivity (Wildman–Crippen MR) is 89.7 cm³/mol. The van der Waals surface area contributed by atoms with Crippen molar-refractivity contribution in [1.29, 1.82) is 0 Å². The number of rotatable bonds is 2. The van der Waals surface area contributed by atoms with E-state index < -0.39 is 0 Å². The van der Waals surface area contributed by atoms with Crippen LogP contribution >= 0.6 is 0 Å². The molecule has 8 heteroatoms. The van der Waals surface area contributed by atoms with Crippen molar-refractivity contribution in [3.05, 3.63) is 36.2 Å². The highest BCUT2D eigenvalue weighted by molar-refractivity contribution is 5.92. The lowest BCUT2D eigenvalue weighted by atomic mass is 10.1. The fraction of sp³-hybridized carbons (Fsp3) is 0.375. The van der Waals surface area contributed by atoms with Gasteiger partial charge in [-0.05, 0) is 19.4 Å². The number of nitrogens with one attached hydrogen (secondary N) is 2. The molecule has 1 unspecified atom stereocenters. The summed E-state index contributed by atoms with van der Waals surface area (Å²) in [6.07, 6.45) is 7.17. The minimum Gasteiger partial charge on any atom is -0.333 e. The summed E-state index contributed by atoms with van der Waals surface area (Å²) in [6.45, 7) is 2.68. The van der Waals surface area contributed by atoms with E-state index in [-0.39, 0.29) is 12.1 Å². The molecule has 124 valence electrons. The first-order valence-electron chi connectivity index (χ1n) is 7.97. The molecule has 1 aliphatic heterocycles. The number of imidazole rings is 1. The molecule has 3 aromatic rings. The number of carbonyl (C=O) groups excluding carboxylic acids is 1. The predicted octanol–water partition coefficient (Wildman–Crippen LogP) is 1.61. The Labute approximate surface area is 138 Å². The molecule has 0 saturated heterocycles. The summed E-state index contributed by atoms with van der Waals surface area (Å²) < 4.78 is 3.82. The Kier molecular flexibility index (Phi) is 3.44. The second-order valence-corrected chi connectivity index (χ2v) is 6.13. The van der Waals surface area contributed by atoms with Crippen LogP contribution in [0.25, 0.3) is 11.0 Å². The number of amides is 2. The molecule has 0 fully saturated rings. The van der Waals surface area contributed by atoms with Crippen molar-refractivity contribution in [2.45, 2.75) is 32.4 Å². The van der Waals surface area contributed by atoms with Crippen LogP contribution in [0.2, 0.25) is 0 Å². The first-order chi connectivity index (χ1) is 11.6. The van der Waals surface area contributed by atoms with Crippen LogP contribution in [0.5, 0.6) is 0 Å². The summed E-state index contributed by atoms with van der Waals surface area (Å²) in [4.78, 5) is 20.9. The molecule has 8 nitrogen and oxygen atoms in total. The minimum atomic E-state index is -0.216. The maximum atomic E-state index is 12.3. The monoisotopic (exact) mass is 325 g/mol. The maximum Gasteiger partial charge on any atom is 0.319 e. The van der Waals surface area contributed by atoms with Crippen LogP contribution in [0, 0.1) is 6.92 Å². The van der Waals surface area contributed by atoms with Crippen LogP contribution in [-0.4, -0.2) is 36.4 Å². The van der Waals surface area contributed by atoms with E-state index in [1.54, 1.807) is 17.1 Å². The molecular formula is C16H19N7O. The zero-order valence-electron chi connectivity index (χ0n) is 13.7. The smallest absolute Gasteiger partial charge is 0.319 e. The Bertz CT molecular complexity index is 910. The molecule has 4 heterocycles. The fourth-order valence-corrected chi connectivity index (χ4v) is 3.21. The van der Waals surface area contributed by atoms with Crippen molar-refractivity contribution in [3.8, 4) is 0 Å². The van der Waals surface area contributed by atoms with Gasteiger partial charge in [0.2, 0.25) is 0 Å². The van der Waals surface area contributed by atoms with Gasteiger partial charge in [-0.1, -0.05) is 0 Å². The summed E-state index contributed by atoms with van der Waals surface area (Å²) in [5.74, 6) is 1.08. The lowest BCUT2D eigenvalue weighted by Crippen LogP contribution is -2.42. The molecular weight excluding hydrogens is 306 g/mol. The number of anilines is 1. The second kappa shape index (κ2) is 5.63. The molecule has 4 rings (SSSR count). The van der Waals surface area contributed by atoms with Crippen LogP contribution in [-0.2, 0) is 20.0 Å². The van der Waals surface area contributed by atoms with Crippen LogP contribution in [0.1, 0.15) is 17.9 Å². The normalized spacial score (nSPS) is 16.8. The summed E-state index contributed by atoms with van der Waals surface area (Å²) in [6, 6.07) is 1.79. The molecule has 0 saturated carbocycles. The Morgan fingerprint density at radius 3 is 3.12 bits per heavy atom. The summed E-state index contributed by atoms with van der Waals surface area (Å²) in [7, 11) is 1.86. The van der Waals surface area contributed by atoms with E-state index in [0.29, 0.717) is 5.69 Å². The van der Waals surface area contributed by atoms with E-state index >= 15 is 0 Å². The number of hydrogen-bond acceptors (Lipinski definition) is 4. The molecule has 3 aromatic heterocycles. The summed E-state index contributed by atoms with van der Waals surface area (Å²) in [5.41, 5.74) is 2.36. The molecule has 0 aromatic carbocycles. The maximum absolute atomic E-state index is 12.3. The van der Waals surface area contributed by atoms with Gasteiger partial charge in [-0.2, -0.15) is 5.10 Å². The van der Waals surface area contributed by atoms with E-state index in [1.807, 2.05) is 26.2 Å². The lowest BCUT2D eigenvalue weighted by molar-refractivity contribution is 0.244. The van der Waals surface area contributed by atoms with Gasteiger partial charge in [0.25, 0.3) is 0 Å². The van der Waals surface area contributed by atoms with Gasteiger partial charge in [0.1, 0.15) is 5.82 Å². The number of nitrogens with zero attached hydrogens (tertiary/aromatic N) is 5. The zero-order valence-corrected chi connectivity index (χ0v) is 13.7. The molecule has 0 aliphatic carbocycles. The second-order valence-electron chi connectivity index (χ2n) is 6.13. The highest BCUT2D eigenvalue weighted by Gasteiger charge is 2.20. The Morgan fingerprint density at radius 1 is 1.38 bits per heavy atom. The number of carbonyl (C=O) groups is 1. The standard InChI is InChI=1S/C16H19N7O/c1-10-13-7-12(8-18-15(13)22(2)21-10)20-16(24)19-11-3-4-14-17-5-6-23(14)9-11/h5-8,11H,3-4,9H2,1-2H3,(H2,19,20,24). The quantitative estimate of drug-likeness (QED) is 0.749. The first kappa shape index (κ1) is 14.7. The van der Waals surface area contributed by atoms with E-state index in [2.05, 4.69) is 30.3 Å². The van der Waals surface area contributed by atoms with E-state index in [4.69, 9.17) is 0 Å². The minimum absolute atomic E-state index is 0.100. The van der Waals surface area contributed by atoms with Gasteiger partial charge in [0.15, 0.2) is 5.65 Å². The lowest BCUT2D eigenvalue weighted by Gasteiger charge is -2.24. The Morgan fingerprint density at radius 2 is 2.25 bits per heavy atom. The highest BCUT2D eigenvalue weighted by atomic mass is 16.2. The van der Waals surface area contributed by atoms with Gasteiger partial charge in [0.05, 0.1) is 17.6 Å². The van der Waals surface area contributed by atoms with Crippen molar-refractivity contribution in [2.75, 3.05) is 5.32 Å². The van der Waals surface area contributed by atoms with Crippen LogP contribution in [0.3, 0.4) is 0 Å². The topological polar surface area (TPSA) is 89.7 Å². The average Bonchev–Trinajstić information content (AvgIpc) is 3.12. The zero-order chi connectivity index (χ0) is 16.7. The van der Waals surface area contributed by atoms with Gasteiger partial charge in [-0.3, -0.25) is 4.68 Å². The van der Waals surface area contributed by atoms with Gasteiger partial charge in [-0.25, -0.2) is 14.8 Å². The van der Waals surface area contributed by atoms with Gasteiger partial charge in [-0.15, -0.1) is 0 Å². The van der Waals surface area contributed by atoms with E-state index in [1.165, 1.54) is 0 Å². The molecule has 24 heavy (non-hydrogen) atoms. The molecule has 1 aliphatic rings. The van der Waals surface area contributed by atoms with Crippen molar-refractivity contribution < 1.29 is 4.79 Å². The third kappa shape index (κ3) is 2.60. The SMILES string of the molecule is Cc1nn(C)c2ncc(NC(=O)NC3CCc4nccn4C3)cc12. The number of urea groups is 1. The van der Waals surface area contributed by atoms with Crippen LogP contribution in [0.4, 0.5) is 10.5 Å². The highest BCUT2D eigenvalue weighted by Crippen LogP contribution is 2.19. The molecule has 0 radical (unpaired) electrons. The van der Waals surface area contributed by atoms with E-state index in [9.17, 15) is 4.79 Å². The van der Waals surface area contributed by atoms with Gasteiger partial charge >= 0.3 is 6.03 Å². The molecule has 0 bridgehead atoms.